The molecular formula is C27H19BrN2O4. The summed E-state index contributed by atoms with van der Waals surface area (Å²) < 4.78 is 0.587. The number of rotatable bonds is 6. The molecule has 7 heteroatoms. The highest BCUT2D eigenvalue weighted by molar-refractivity contribution is 9.10. The molecule has 0 unspecified atom stereocenters. The number of nitrogens with one attached hydrogen (secondary N) is 2. The molecule has 4 aromatic carbocycles. The zero-order valence-corrected chi connectivity index (χ0v) is 19.4. The predicted octanol–water partition coefficient (Wildman–Crippen LogP) is 6.32. The number of carbonyl (C=O) groups is 3. The molecular weight excluding hydrogens is 496 g/mol. The molecule has 0 bridgehead atoms. The van der Waals surface area contributed by atoms with Crippen LogP contribution in [-0.2, 0) is 0 Å². The van der Waals surface area contributed by atoms with E-state index in [1.807, 2.05) is 42.5 Å². The van der Waals surface area contributed by atoms with Gasteiger partial charge >= 0.3 is 5.97 Å². The van der Waals surface area contributed by atoms with Crippen LogP contribution in [0.4, 0.5) is 11.4 Å². The minimum Gasteiger partial charge on any atom is -0.478 e. The van der Waals surface area contributed by atoms with Crippen LogP contribution in [0.25, 0.3) is 11.1 Å². The van der Waals surface area contributed by atoms with E-state index < -0.39 is 11.9 Å². The zero-order chi connectivity index (χ0) is 24.1. The van der Waals surface area contributed by atoms with Gasteiger partial charge in [0.1, 0.15) is 0 Å². The highest BCUT2D eigenvalue weighted by Crippen LogP contribution is 2.23. The summed E-state index contributed by atoms with van der Waals surface area (Å²) in [5, 5.41) is 14.8. The molecule has 0 saturated heterocycles. The Morgan fingerprint density at radius 2 is 1.32 bits per heavy atom. The average Bonchev–Trinajstić information content (AvgIpc) is 2.85. The lowest BCUT2D eigenvalue weighted by Gasteiger charge is -2.11. The van der Waals surface area contributed by atoms with E-state index in [9.17, 15) is 19.5 Å². The van der Waals surface area contributed by atoms with Crippen molar-refractivity contribution in [3.8, 4) is 11.1 Å². The smallest absolute Gasteiger partial charge is 0.337 e. The van der Waals surface area contributed by atoms with Crippen molar-refractivity contribution < 1.29 is 19.5 Å². The fourth-order valence-corrected chi connectivity index (χ4v) is 3.74. The normalized spacial score (nSPS) is 10.4. The van der Waals surface area contributed by atoms with E-state index in [0.29, 0.717) is 15.7 Å². The molecule has 4 rings (SSSR count). The predicted molar refractivity (Wildman–Crippen MR) is 135 cm³/mol. The van der Waals surface area contributed by atoms with E-state index in [1.165, 1.54) is 18.2 Å². The number of carbonyl (C=O) groups excluding carboxylic acids is 2. The van der Waals surface area contributed by atoms with E-state index >= 15 is 0 Å². The molecule has 0 atom stereocenters. The van der Waals surface area contributed by atoms with Gasteiger partial charge in [-0.3, -0.25) is 9.59 Å². The third kappa shape index (κ3) is 5.39. The highest BCUT2D eigenvalue weighted by atomic mass is 79.9. The molecule has 168 valence electrons. The van der Waals surface area contributed by atoms with Crippen LogP contribution >= 0.6 is 15.9 Å². The standard InChI is InChI=1S/C27H19BrN2O4/c28-21-13-14-24(23(16-21)27(33)34)30-26(32)20-7-4-8-22(15-20)29-25(31)19-11-9-18(10-12-19)17-5-2-1-3-6-17/h1-16H,(H,29,31)(H,30,32)(H,33,34). The van der Waals surface area contributed by atoms with Crippen LogP contribution in [0.2, 0.25) is 0 Å². The first kappa shape index (κ1) is 22.9. The molecule has 0 aromatic heterocycles. The SMILES string of the molecule is O=C(Nc1cccc(C(=O)Nc2ccc(Br)cc2C(=O)O)c1)c1ccc(-c2ccccc2)cc1. The molecule has 0 spiro atoms. The number of amides is 2. The molecule has 0 aliphatic carbocycles. The number of benzene rings is 4. The maximum Gasteiger partial charge on any atom is 0.337 e. The second-order valence-electron chi connectivity index (χ2n) is 7.43. The number of aromatic carboxylic acids is 1. The number of halogens is 1. The summed E-state index contributed by atoms with van der Waals surface area (Å²) >= 11 is 3.23. The maximum absolute atomic E-state index is 12.7. The molecule has 0 aliphatic rings. The summed E-state index contributed by atoms with van der Waals surface area (Å²) in [6, 6.07) is 28.1. The van der Waals surface area contributed by atoms with Crippen molar-refractivity contribution >= 4 is 45.1 Å². The quantitative estimate of drug-likeness (QED) is 0.280. The van der Waals surface area contributed by atoms with Crippen LogP contribution in [-0.4, -0.2) is 22.9 Å². The van der Waals surface area contributed by atoms with Gasteiger partial charge in [0, 0.05) is 21.3 Å². The first-order valence-corrected chi connectivity index (χ1v) is 11.1. The molecule has 3 N–H and O–H groups in total. The summed E-state index contributed by atoms with van der Waals surface area (Å²) in [5.74, 6) is -1.96. The largest absolute Gasteiger partial charge is 0.478 e. The molecule has 6 nitrogen and oxygen atoms in total. The number of hydrogen-bond donors (Lipinski definition) is 3. The molecule has 34 heavy (non-hydrogen) atoms. The van der Waals surface area contributed by atoms with Crippen molar-refractivity contribution in [3.05, 3.63) is 118 Å². The van der Waals surface area contributed by atoms with Crippen LogP contribution in [0.15, 0.2) is 102 Å². The second kappa shape index (κ2) is 10.1. The fourth-order valence-electron chi connectivity index (χ4n) is 3.38. The lowest BCUT2D eigenvalue weighted by molar-refractivity contribution is 0.0697. The third-order valence-electron chi connectivity index (χ3n) is 5.10. The summed E-state index contributed by atoms with van der Waals surface area (Å²) in [6.07, 6.45) is 0. The summed E-state index contributed by atoms with van der Waals surface area (Å²) in [5.41, 5.74) is 3.40. The van der Waals surface area contributed by atoms with E-state index in [-0.39, 0.29) is 22.7 Å². The number of carboxylic acids is 1. The topological polar surface area (TPSA) is 95.5 Å². The zero-order valence-electron chi connectivity index (χ0n) is 17.8. The van der Waals surface area contributed by atoms with Crippen molar-refractivity contribution in [2.24, 2.45) is 0 Å². The van der Waals surface area contributed by atoms with Crippen LogP contribution in [0, 0.1) is 0 Å². The van der Waals surface area contributed by atoms with Gasteiger partial charge in [-0.25, -0.2) is 4.79 Å². The number of anilines is 2. The van der Waals surface area contributed by atoms with Crippen LogP contribution in [0.3, 0.4) is 0 Å². The van der Waals surface area contributed by atoms with Gasteiger partial charge in [0.25, 0.3) is 11.8 Å². The first-order valence-electron chi connectivity index (χ1n) is 10.3. The minimum atomic E-state index is -1.16. The summed E-state index contributed by atoms with van der Waals surface area (Å²) in [7, 11) is 0. The lowest BCUT2D eigenvalue weighted by Crippen LogP contribution is -2.16. The van der Waals surface area contributed by atoms with Crippen molar-refractivity contribution in [1.29, 1.82) is 0 Å². The Hall–Kier alpha value is -4.23. The van der Waals surface area contributed by atoms with Gasteiger partial charge in [-0.15, -0.1) is 0 Å². The van der Waals surface area contributed by atoms with Gasteiger partial charge in [-0.1, -0.05) is 64.5 Å². The Labute approximate surface area is 204 Å². The summed E-state index contributed by atoms with van der Waals surface area (Å²) in [6.45, 7) is 0. The van der Waals surface area contributed by atoms with Crippen molar-refractivity contribution in [1.82, 2.24) is 0 Å². The van der Waals surface area contributed by atoms with Gasteiger partial charge in [-0.05, 0) is 59.7 Å². The van der Waals surface area contributed by atoms with Crippen LogP contribution in [0.5, 0.6) is 0 Å². The van der Waals surface area contributed by atoms with Gasteiger partial charge < -0.3 is 15.7 Å². The van der Waals surface area contributed by atoms with Gasteiger partial charge in [0.15, 0.2) is 0 Å². The minimum absolute atomic E-state index is 0.0360. The second-order valence-corrected chi connectivity index (χ2v) is 8.34. The monoisotopic (exact) mass is 514 g/mol. The molecule has 0 saturated carbocycles. The molecule has 4 aromatic rings. The Kier molecular flexibility index (Phi) is 6.85. The Morgan fingerprint density at radius 1 is 0.647 bits per heavy atom. The Morgan fingerprint density at radius 3 is 2.03 bits per heavy atom. The van der Waals surface area contributed by atoms with Gasteiger partial charge in [0.2, 0.25) is 0 Å². The van der Waals surface area contributed by atoms with Gasteiger partial charge in [-0.2, -0.15) is 0 Å². The molecule has 0 heterocycles. The fraction of sp³-hybridized carbons (Fsp3) is 0. The van der Waals surface area contributed by atoms with E-state index in [0.717, 1.165) is 11.1 Å². The van der Waals surface area contributed by atoms with E-state index in [4.69, 9.17) is 0 Å². The van der Waals surface area contributed by atoms with Crippen LogP contribution < -0.4 is 10.6 Å². The molecule has 0 radical (unpaired) electrons. The Bertz CT molecular complexity index is 1370. The third-order valence-corrected chi connectivity index (χ3v) is 5.59. The average molecular weight is 515 g/mol. The number of hydrogen-bond acceptors (Lipinski definition) is 3. The van der Waals surface area contributed by atoms with E-state index in [2.05, 4.69) is 26.6 Å². The van der Waals surface area contributed by atoms with Crippen LogP contribution in [0.1, 0.15) is 31.1 Å². The number of carboxylic acid groups (broad SMARTS) is 1. The summed E-state index contributed by atoms with van der Waals surface area (Å²) in [4.78, 5) is 36.9. The van der Waals surface area contributed by atoms with Crippen molar-refractivity contribution in [3.63, 3.8) is 0 Å². The maximum atomic E-state index is 12.7. The molecule has 0 aliphatic heterocycles. The van der Waals surface area contributed by atoms with Gasteiger partial charge in [0.05, 0.1) is 11.3 Å². The Balaban J connectivity index is 1.47. The van der Waals surface area contributed by atoms with Crippen molar-refractivity contribution in [2.75, 3.05) is 10.6 Å². The van der Waals surface area contributed by atoms with E-state index in [1.54, 1.807) is 36.4 Å². The van der Waals surface area contributed by atoms with Crippen molar-refractivity contribution in [2.45, 2.75) is 0 Å². The first-order chi connectivity index (χ1) is 16.4. The highest BCUT2D eigenvalue weighted by Gasteiger charge is 2.15. The molecule has 0 fully saturated rings. The lowest BCUT2D eigenvalue weighted by atomic mass is 10.0. The molecule has 2 amide bonds.